The summed E-state index contributed by atoms with van der Waals surface area (Å²) in [5.74, 6) is 0.904. The fourth-order valence-electron chi connectivity index (χ4n) is 2.49. The van der Waals surface area contributed by atoms with Crippen LogP contribution in [0.15, 0.2) is 4.47 Å². The quantitative estimate of drug-likeness (QED) is 0.754. The van der Waals surface area contributed by atoms with E-state index in [9.17, 15) is 0 Å². The van der Waals surface area contributed by atoms with Gasteiger partial charge < -0.3 is 0 Å². The van der Waals surface area contributed by atoms with Crippen LogP contribution in [0.5, 0.6) is 0 Å². The summed E-state index contributed by atoms with van der Waals surface area (Å²) < 4.78 is 3.41. The number of hydrogen-bond acceptors (Lipinski definition) is 1. The molecule has 0 bridgehead atoms. The van der Waals surface area contributed by atoms with Crippen LogP contribution < -0.4 is 0 Å². The normalized spacial score (nSPS) is 26.9. The van der Waals surface area contributed by atoms with Crippen LogP contribution in [0.25, 0.3) is 0 Å². The third-order valence-corrected chi connectivity index (χ3v) is 4.72. The molecule has 0 atom stereocenters. The molecule has 1 heterocycles. The Morgan fingerprint density at radius 3 is 2.27 bits per heavy atom. The highest BCUT2D eigenvalue weighted by molar-refractivity contribution is 9.10. The van der Waals surface area contributed by atoms with E-state index >= 15 is 0 Å². The van der Waals surface area contributed by atoms with Crippen molar-refractivity contribution in [1.29, 1.82) is 0 Å². The summed E-state index contributed by atoms with van der Waals surface area (Å²) >= 11 is 3.60. The maximum atomic E-state index is 4.63. The lowest BCUT2D eigenvalue weighted by Crippen LogP contribution is -2.18. The SMILES string of the molecule is Cc1nn(C2CCC(C)CC2)c(C)c1Br. The molecule has 0 N–H and O–H groups in total. The minimum absolute atomic E-state index is 0.631. The monoisotopic (exact) mass is 270 g/mol. The molecule has 0 radical (unpaired) electrons. The lowest BCUT2D eigenvalue weighted by Gasteiger charge is -2.27. The zero-order chi connectivity index (χ0) is 11.0. The molecule has 1 fully saturated rings. The minimum atomic E-state index is 0.631. The van der Waals surface area contributed by atoms with Crippen molar-refractivity contribution in [3.63, 3.8) is 0 Å². The molecular formula is C12H19BrN2. The van der Waals surface area contributed by atoms with E-state index in [-0.39, 0.29) is 0 Å². The van der Waals surface area contributed by atoms with Crippen molar-refractivity contribution >= 4 is 15.9 Å². The van der Waals surface area contributed by atoms with E-state index < -0.39 is 0 Å². The lowest BCUT2D eigenvalue weighted by molar-refractivity contribution is 0.270. The Kier molecular flexibility index (Phi) is 3.19. The Morgan fingerprint density at radius 2 is 1.80 bits per heavy atom. The Hall–Kier alpha value is -0.310. The Bertz CT molecular complexity index is 349. The van der Waals surface area contributed by atoms with Gasteiger partial charge >= 0.3 is 0 Å². The van der Waals surface area contributed by atoms with Gasteiger partial charge in [-0.25, -0.2) is 0 Å². The minimum Gasteiger partial charge on any atom is -0.265 e. The highest BCUT2D eigenvalue weighted by atomic mass is 79.9. The van der Waals surface area contributed by atoms with Gasteiger partial charge in [0.25, 0.3) is 0 Å². The van der Waals surface area contributed by atoms with E-state index in [0.29, 0.717) is 6.04 Å². The van der Waals surface area contributed by atoms with Gasteiger partial charge in [-0.05, 0) is 61.4 Å². The van der Waals surface area contributed by atoms with Crippen LogP contribution in [-0.2, 0) is 0 Å². The van der Waals surface area contributed by atoms with Gasteiger partial charge in [0.15, 0.2) is 0 Å². The Balaban J connectivity index is 2.19. The molecule has 1 saturated carbocycles. The summed E-state index contributed by atoms with van der Waals surface area (Å²) in [4.78, 5) is 0. The smallest absolute Gasteiger partial charge is 0.0738 e. The first-order valence-corrected chi connectivity index (χ1v) is 6.60. The molecule has 0 amide bonds. The van der Waals surface area contributed by atoms with Crippen LogP contribution in [0.3, 0.4) is 0 Å². The number of rotatable bonds is 1. The number of halogens is 1. The van der Waals surface area contributed by atoms with Gasteiger partial charge in [-0.2, -0.15) is 5.10 Å². The molecule has 2 rings (SSSR count). The molecule has 0 unspecified atom stereocenters. The fourth-order valence-corrected chi connectivity index (χ4v) is 2.75. The van der Waals surface area contributed by atoms with Crippen molar-refractivity contribution in [3.8, 4) is 0 Å². The van der Waals surface area contributed by atoms with E-state index in [1.165, 1.54) is 35.8 Å². The van der Waals surface area contributed by atoms with Crippen molar-refractivity contribution in [2.45, 2.75) is 52.5 Å². The van der Waals surface area contributed by atoms with Gasteiger partial charge in [0, 0.05) is 0 Å². The van der Waals surface area contributed by atoms with Crippen molar-refractivity contribution in [2.24, 2.45) is 5.92 Å². The summed E-state index contributed by atoms with van der Waals surface area (Å²) in [6, 6.07) is 0.631. The first-order valence-electron chi connectivity index (χ1n) is 5.80. The number of hydrogen-bond donors (Lipinski definition) is 0. The van der Waals surface area contributed by atoms with Gasteiger partial charge in [0.05, 0.1) is 21.9 Å². The van der Waals surface area contributed by atoms with Gasteiger partial charge in [-0.1, -0.05) is 6.92 Å². The highest BCUT2D eigenvalue weighted by Crippen LogP contribution is 2.34. The van der Waals surface area contributed by atoms with Crippen molar-refractivity contribution in [2.75, 3.05) is 0 Å². The molecule has 84 valence electrons. The summed E-state index contributed by atoms with van der Waals surface area (Å²) in [6.45, 7) is 6.58. The van der Waals surface area contributed by atoms with Gasteiger partial charge in [-0.15, -0.1) is 0 Å². The molecule has 1 aromatic rings. The van der Waals surface area contributed by atoms with E-state index in [2.05, 4.69) is 46.5 Å². The second-order valence-corrected chi connectivity index (χ2v) is 5.64. The third-order valence-electron chi connectivity index (χ3n) is 3.57. The Morgan fingerprint density at radius 1 is 1.20 bits per heavy atom. The summed E-state index contributed by atoms with van der Waals surface area (Å²) in [6.07, 6.45) is 5.27. The van der Waals surface area contributed by atoms with Crippen LogP contribution >= 0.6 is 15.9 Å². The van der Waals surface area contributed by atoms with E-state index in [1.54, 1.807) is 0 Å². The first kappa shape index (κ1) is 11.2. The summed E-state index contributed by atoms with van der Waals surface area (Å²) in [7, 11) is 0. The van der Waals surface area contributed by atoms with E-state index in [4.69, 9.17) is 0 Å². The number of nitrogens with zero attached hydrogens (tertiary/aromatic N) is 2. The average molecular weight is 271 g/mol. The maximum absolute atomic E-state index is 4.63. The third kappa shape index (κ3) is 2.12. The standard InChI is InChI=1S/C12H19BrN2/c1-8-4-6-11(7-5-8)15-10(3)12(13)9(2)14-15/h8,11H,4-7H2,1-3H3. The Labute approximate surface area is 100 Å². The number of aromatic nitrogens is 2. The average Bonchev–Trinajstić information content (AvgIpc) is 2.47. The molecule has 0 spiro atoms. The predicted molar refractivity (Wildman–Crippen MR) is 66.1 cm³/mol. The van der Waals surface area contributed by atoms with E-state index in [1.807, 2.05) is 0 Å². The molecule has 1 aromatic heterocycles. The van der Waals surface area contributed by atoms with Crippen molar-refractivity contribution in [1.82, 2.24) is 9.78 Å². The number of aryl methyl sites for hydroxylation is 1. The molecule has 0 aromatic carbocycles. The van der Waals surface area contributed by atoms with Gasteiger partial charge in [0.2, 0.25) is 0 Å². The largest absolute Gasteiger partial charge is 0.265 e. The molecule has 0 saturated heterocycles. The molecule has 15 heavy (non-hydrogen) atoms. The zero-order valence-corrected chi connectivity index (χ0v) is 11.3. The van der Waals surface area contributed by atoms with Gasteiger partial charge in [-0.3, -0.25) is 4.68 Å². The highest BCUT2D eigenvalue weighted by Gasteiger charge is 2.22. The lowest BCUT2D eigenvalue weighted by atomic mass is 9.87. The van der Waals surface area contributed by atoms with Crippen LogP contribution in [0.1, 0.15) is 50.0 Å². The van der Waals surface area contributed by atoms with Crippen LogP contribution in [0, 0.1) is 19.8 Å². The first-order chi connectivity index (χ1) is 7.09. The second kappa shape index (κ2) is 4.28. The maximum Gasteiger partial charge on any atom is 0.0738 e. The molecule has 0 aliphatic heterocycles. The molecule has 1 aliphatic carbocycles. The van der Waals surface area contributed by atoms with Crippen LogP contribution in [0.4, 0.5) is 0 Å². The second-order valence-electron chi connectivity index (χ2n) is 4.84. The van der Waals surface area contributed by atoms with Crippen LogP contribution in [0.2, 0.25) is 0 Å². The fraction of sp³-hybridized carbons (Fsp3) is 0.750. The van der Waals surface area contributed by atoms with Crippen molar-refractivity contribution < 1.29 is 0 Å². The predicted octanol–water partition coefficient (Wildman–Crippen LogP) is 4.01. The van der Waals surface area contributed by atoms with Crippen LogP contribution in [-0.4, -0.2) is 9.78 Å². The molecule has 2 nitrogen and oxygen atoms in total. The van der Waals surface area contributed by atoms with Gasteiger partial charge in [0.1, 0.15) is 0 Å². The molecular weight excluding hydrogens is 252 g/mol. The molecule has 3 heteroatoms. The van der Waals surface area contributed by atoms with E-state index in [0.717, 1.165) is 11.6 Å². The zero-order valence-electron chi connectivity index (χ0n) is 9.76. The topological polar surface area (TPSA) is 17.8 Å². The summed E-state index contributed by atoms with van der Waals surface area (Å²) in [5, 5.41) is 4.63. The van der Waals surface area contributed by atoms with Crippen molar-refractivity contribution in [3.05, 3.63) is 15.9 Å². The summed E-state index contributed by atoms with van der Waals surface area (Å²) in [5.41, 5.74) is 2.40. The molecule has 1 aliphatic rings.